The molecule has 0 aliphatic carbocycles. The molecule has 1 aromatic heterocycles. The Morgan fingerprint density at radius 3 is 2.29 bits per heavy atom. The summed E-state index contributed by atoms with van der Waals surface area (Å²) in [4.78, 5) is 18.5. The van der Waals surface area contributed by atoms with Crippen molar-refractivity contribution < 1.29 is 8.42 Å². The van der Waals surface area contributed by atoms with E-state index in [4.69, 9.17) is 4.98 Å². The summed E-state index contributed by atoms with van der Waals surface area (Å²) in [6.45, 7) is 2.37. The summed E-state index contributed by atoms with van der Waals surface area (Å²) in [5.74, 6) is -0.963. The van der Waals surface area contributed by atoms with Gasteiger partial charge < -0.3 is 4.57 Å². The Labute approximate surface area is 198 Å². The standard InChI is InChI=1S/C28H24N2O3S/c1-2-30-25-17-9-8-16-24(25)29-27(28(30)31)23(21-11-4-3-5-12-21)19-34(32,33)26-18-10-14-20-13-6-7-15-22(20)26/h3-18,23H,2,19H2,1H3. The first-order valence-electron chi connectivity index (χ1n) is 11.2. The lowest BCUT2D eigenvalue weighted by molar-refractivity contribution is 0.591. The van der Waals surface area contributed by atoms with E-state index >= 15 is 0 Å². The van der Waals surface area contributed by atoms with Gasteiger partial charge in [0.1, 0.15) is 5.69 Å². The lowest BCUT2D eigenvalue weighted by Crippen LogP contribution is -2.30. The van der Waals surface area contributed by atoms with Gasteiger partial charge in [0.25, 0.3) is 5.56 Å². The zero-order valence-electron chi connectivity index (χ0n) is 18.8. The Balaban J connectivity index is 1.71. The summed E-state index contributed by atoms with van der Waals surface area (Å²) in [5, 5.41) is 1.53. The molecule has 0 saturated carbocycles. The van der Waals surface area contributed by atoms with Crippen molar-refractivity contribution in [3.8, 4) is 0 Å². The minimum atomic E-state index is -3.76. The van der Waals surface area contributed by atoms with Gasteiger partial charge in [0, 0.05) is 17.8 Å². The number of nitrogens with zero attached hydrogens (tertiary/aromatic N) is 2. The summed E-state index contributed by atoms with van der Waals surface area (Å²) < 4.78 is 29.3. The number of aromatic nitrogens is 2. The molecule has 6 heteroatoms. The summed E-state index contributed by atoms with van der Waals surface area (Å²) in [6, 6.07) is 29.5. The predicted octanol–water partition coefficient (Wildman–Crippen LogP) is 5.18. The number of aryl methyl sites for hydroxylation is 1. The smallest absolute Gasteiger partial charge is 0.273 e. The van der Waals surface area contributed by atoms with Crippen LogP contribution in [0.4, 0.5) is 0 Å². The second-order valence-corrected chi connectivity index (χ2v) is 10.3. The molecule has 0 radical (unpaired) electrons. The highest BCUT2D eigenvalue weighted by molar-refractivity contribution is 7.91. The highest BCUT2D eigenvalue weighted by Gasteiger charge is 2.29. The van der Waals surface area contributed by atoms with Crippen molar-refractivity contribution in [2.45, 2.75) is 24.3 Å². The topological polar surface area (TPSA) is 69.0 Å². The largest absolute Gasteiger partial charge is 0.305 e. The molecular formula is C28H24N2O3S. The number of sulfone groups is 1. The SMILES string of the molecule is CCn1c(=O)c(C(CS(=O)(=O)c2cccc3ccccc23)c2ccccc2)nc2ccccc21. The average Bonchev–Trinajstić information content (AvgIpc) is 2.87. The van der Waals surface area contributed by atoms with E-state index < -0.39 is 15.8 Å². The number of fused-ring (bicyclic) bond motifs is 2. The fraction of sp³-hybridized carbons (Fsp3) is 0.143. The number of benzene rings is 4. The van der Waals surface area contributed by atoms with Gasteiger partial charge in [-0.25, -0.2) is 13.4 Å². The zero-order valence-corrected chi connectivity index (χ0v) is 19.6. The average molecular weight is 469 g/mol. The van der Waals surface area contributed by atoms with E-state index in [0.29, 0.717) is 17.4 Å². The minimum Gasteiger partial charge on any atom is -0.305 e. The predicted molar refractivity (Wildman–Crippen MR) is 136 cm³/mol. The van der Waals surface area contributed by atoms with Crippen molar-refractivity contribution in [3.63, 3.8) is 0 Å². The Morgan fingerprint density at radius 2 is 1.50 bits per heavy atom. The quantitative estimate of drug-likeness (QED) is 0.345. The van der Waals surface area contributed by atoms with Crippen molar-refractivity contribution in [1.29, 1.82) is 0 Å². The molecule has 0 spiro atoms. The van der Waals surface area contributed by atoms with E-state index in [2.05, 4.69) is 0 Å². The first kappa shape index (κ1) is 22.0. The van der Waals surface area contributed by atoms with Crippen LogP contribution < -0.4 is 5.56 Å². The van der Waals surface area contributed by atoms with Crippen LogP contribution in [-0.4, -0.2) is 23.7 Å². The Kier molecular flexibility index (Phi) is 5.75. The van der Waals surface area contributed by atoms with Gasteiger partial charge in [0.15, 0.2) is 9.84 Å². The number of hydrogen-bond acceptors (Lipinski definition) is 4. The fourth-order valence-electron chi connectivity index (χ4n) is 4.55. The van der Waals surface area contributed by atoms with Crippen LogP contribution in [-0.2, 0) is 16.4 Å². The first-order valence-corrected chi connectivity index (χ1v) is 12.9. The third-order valence-corrected chi connectivity index (χ3v) is 7.99. The van der Waals surface area contributed by atoms with E-state index in [1.807, 2.05) is 91.9 Å². The van der Waals surface area contributed by atoms with Crippen molar-refractivity contribution >= 4 is 31.6 Å². The highest BCUT2D eigenvalue weighted by atomic mass is 32.2. The number of hydrogen-bond donors (Lipinski definition) is 0. The summed E-state index contributed by atoms with van der Waals surface area (Å²) in [6.07, 6.45) is 0. The third-order valence-electron chi connectivity index (χ3n) is 6.20. The Hall–Kier alpha value is -3.77. The fourth-order valence-corrected chi connectivity index (χ4v) is 6.32. The van der Waals surface area contributed by atoms with E-state index in [1.165, 1.54) is 0 Å². The van der Waals surface area contributed by atoms with Gasteiger partial charge in [-0.1, -0.05) is 78.9 Å². The van der Waals surface area contributed by atoms with Crippen molar-refractivity contribution in [2.75, 3.05) is 5.75 Å². The third kappa shape index (κ3) is 3.90. The van der Waals surface area contributed by atoms with Crippen LogP contribution in [0.5, 0.6) is 0 Å². The van der Waals surface area contributed by atoms with Crippen LogP contribution in [0.25, 0.3) is 21.8 Å². The summed E-state index contributed by atoms with van der Waals surface area (Å²) >= 11 is 0. The monoisotopic (exact) mass is 468 g/mol. The zero-order chi connectivity index (χ0) is 23.7. The van der Waals surface area contributed by atoms with Crippen LogP contribution >= 0.6 is 0 Å². The molecule has 0 bridgehead atoms. The molecule has 0 aliphatic rings. The maximum absolute atomic E-state index is 13.8. The first-order chi connectivity index (χ1) is 16.5. The van der Waals surface area contributed by atoms with Crippen LogP contribution in [0.2, 0.25) is 0 Å². The van der Waals surface area contributed by atoms with E-state index in [9.17, 15) is 13.2 Å². The maximum atomic E-state index is 13.8. The molecular weight excluding hydrogens is 444 g/mol. The molecule has 5 aromatic rings. The van der Waals surface area contributed by atoms with Crippen molar-refractivity contribution in [1.82, 2.24) is 9.55 Å². The van der Waals surface area contributed by atoms with Gasteiger partial charge in [-0.05, 0) is 36.1 Å². The molecule has 5 nitrogen and oxygen atoms in total. The van der Waals surface area contributed by atoms with Gasteiger partial charge in [0.2, 0.25) is 0 Å². The molecule has 5 rings (SSSR count). The molecule has 0 aliphatic heterocycles. The molecule has 1 unspecified atom stereocenters. The molecule has 4 aromatic carbocycles. The van der Waals surface area contributed by atoms with E-state index in [1.54, 1.807) is 16.7 Å². The van der Waals surface area contributed by atoms with Crippen molar-refractivity contribution in [2.24, 2.45) is 0 Å². The second-order valence-electron chi connectivity index (χ2n) is 8.26. The lowest BCUT2D eigenvalue weighted by atomic mass is 9.97. The Morgan fingerprint density at radius 1 is 0.824 bits per heavy atom. The summed E-state index contributed by atoms with van der Waals surface area (Å²) in [7, 11) is -3.76. The van der Waals surface area contributed by atoms with E-state index in [-0.39, 0.29) is 21.9 Å². The number of para-hydroxylation sites is 2. The van der Waals surface area contributed by atoms with Gasteiger partial charge in [-0.15, -0.1) is 0 Å². The summed E-state index contributed by atoms with van der Waals surface area (Å²) in [5.41, 5.74) is 2.14. The molecule has 0 amide bonds. The molecule has 34 heavy (non-hydrogen) atoms. The normalized spacial score (nSPS) is 12.7. The highest BCUT2D eigenvalue weighted by Crippen LogP contribution is 2.30. The van der Waals surface area contributed by atoms with Gasteiger partial charge in [-0.3, -0.25) is 4.79 Å². The minimum absolute atomic E-state index is 0.246. The second kappa shape index (κ2) is 8.88. The molecule has 0 fully saturated rings. The Bertz CT molecular complexity index is 1650. The molecule has 0 saturated heterocycles. The van der Waals surface area contributed by atoms with Crippen LogP contribution in [0.15, 0.2) is 107 Å². The molecule has 1 atom stereocenters. The maximum Gasteiger partial charge on any atom is 0.273 e. The molecule has 1 heterocycles. The van der Waals surface area contributed by atoms with Crippen LogP contribution in [0.3, 0.4) is 0 Å². The van der Waals surface area contributed by atoms with Gasteiger partial charge in [0.05, 0.1) is 21.7 Å². The van der Waals surface area contributed by atoms with Crippen LogP contribution in [0, 0.1) is 0 Å². The van der Waals surface area contributed by atoms with E-state index in [0.717, 1.165) is 16.5 Å². The van der Waals surface area contributed by atoms with Crippen molar-refractivity contribution in [3.05, 3.63) is 119 Å². The van der Waals surface area contributed by atoms with Crippen LogP contribution in [0.1, 0.15) is 24.1 Å². The molecule has 170 valence electrons. The lowest BCUT2D eigenvalue weighted by Gasteiger charge is -2.19. The van der Waals surface area contributed by atoms with Gasteiger partial charge >= 0.3 is 0 Å². The molecule has 0 N–H and O–H groups in total. The number of rotatable bonds is 6. The van der Waals surface area contributed by atoms with Gasteiger partial charge in [-0.2, -0.15) is 0 Å².